The molecule has 4 rings (SSSR count). The van der Waals surface area contributed by atoms with Crippen molar-refractivity contribution in [2.75, 3.05) is 13.1 Å². The summed E-state index contributed by atoms with van der Waals surface area (Å²) >= 11 is 1.36. The number of pyridine rings is 1. The maximum atomic E-state index is 12.7. The lowest BCUT2D eigenvalue weighted by Crippen LogP contribution is -2.49. The lowest BCUT2D eigenvalue weighted by Gasteiger charge is -2.36. The predicted octanol–water partition coefficient (Wildman–Crippen LogP) is 4.41. The lowest BCUT2D eigenvalue weighted by atomic mass is 9.99. The van der Waals surface area contributed by atoms with Gasteiger partial charge >= 0.3 is 12.1 Å². The second kappa shape index (κ2) is 7.57. The smallest absolute Gasteiger partial charge is 0.417 e. The molecule has 0 radical (unpaired) electrons. The molecule has 29 heavy (non-hydrogen) atoms. The van der Waals surface area contributed by atoms with Crippen LogP contribution in [0.15, 0.2) is 48.8 Å². The first-order chi connectivity index (χ1) is 13.8. The van der Waals surface area contributed by atoms with Gasteiger partial charge in [0, 0.05) is 37.6 Å². The van der Waals surface area contributed by atoms with Gasteiger partial charge in [0.2, 0.25) is 0 Å². The summed E-state index contributed by atoms with van der Waals surface area (Å²) < 4.78 is 38.0. The van der Waals surface area contributed by atoms with Crippen LogP contribution in [0.2, 0.25) is 0 Å². The van der Waals surface area contributed by atoms with Gasteiger partial charge in [-0.25, -0.2) is 4.98 Å². The van der Waals surface area contributed by atoms with Gasteiger partial charge in [-0.15, -0.1) is 11.3 Å². The number of hydrogen-bond acceptors (Lipinski definition) is 5. The maximum Gasteiger partial charge on any atom is 0.417 e. The summed E-state index contributed by atoms with van der Waals surface area (Å²) in [5.74, 6) is -1.03. The second-order valence-electron chi connectivity index (χ2n) is 6.89. The van der Waals surface area contributed by atoms with Gasteiger partial charge in [-0.05, 0) is 17.7 Å². The number of likely N-dealkylation sites (tertiary alicyclic amines) is 1. The molecule has 2 aromatic heterocycles. The zero-order chi connectivity index (χ0) is 20.6. The van der Waals surface area contributed by atoms with E-state index in [4.69, 9.17) is 5.11 Å². The summed E-state index contributed by atoms with van der Waals surface area (Å²) in [5.41, 5.74) is 1.66. The van der Waals surface area contributed by atoms with E-state index in [1.807, 2.05) is 24.3 Å². The molecule has 150 valence electrons. The van der Waals surface area contributed by atoms with Crippen LogP contribution in [-0.2, 0) is 17.5 Å². The van der Waals surface area contributed by atoms with Gasteiger partial charge in [0.15, 0.2) is 0 Å². The minimum atomic E-state index is -4.41. The molecule has 0 aliphatic carbocycles. The van der Waals surface area contributed by atoms with Crippen LogP contribution < -0.4 is 0 Å². The first-order valence-electron chi connectivity index (χ1n) is 8.83. The highest BCUT2D eigenvalue weighted by Crippen LogP contribution is 2.33. The fourth-order valence-electron chi connectivity index (χ4n) is 3.10. The maximum absolute atomic E-state index is 12.7. The topological polar surface area (TPSA) is 66.3 Å². The highest BCUT2D eigenvalue weighted by atomic mass is 32.1. The Morgan fingerprint density at radius 1 is 1.10 bits per heavy atom. The van der Waals surface area contributed by atoms with Gasteiger partial charge in [0.05, 0.1) is 22.1 Å². The molecule has 0 amide bonds. The van der Waals surface area contributed by atoms with E-state index in [0.717, 1.165) is 28.4 Å². The van der Waals surface area contributed by atoms with Gasteiger partial charge in [0.25, 0.3) is 0 Å². The third-order valence-corrected chi connectivity index (χ3v) is 5.83. The summed E-state index contributed by atoms with van der Waals surface area (Å²) in [7, 11) is 0. The Hall–Kier alpha value is -2.78. The van der Waals surface area contributed by atoms with Crippen molar-refractivity contribution >= 4 is 17.3 Å². The number of aromatic nitrogens is 2. The summed E-state index contributed by atoms with van der Waals surface area (Å²) in [4.78, 5) is 21.9. The van der Waals surface area contributed by atoms with E-state index in [9.17, 15) is 18.0 Å². The van der Waals surface area contributed by atoms with Crippen molar-refractivity contribution in [1.29, 1.82) is 0 Å². The Kier molecular flexibility index (Phi) is 5.10. The van der Waals surface area contributed by atoms with Crippen LogP contribution in [0.5, 0.6) is 0 Å². The fraction of sp³-hybridized carbons (Fsp3) is 0.250. The van der Waals surface area contributed by atoms with Gasteiger partial charge in [-0.3, -0.25) is 14.7 Å². The molecular formula is C20H16F3N3O2S. The largest absolute Gasteiger partial charge is 0.481 e. The van der Waals surface area contributed by atoms with Crippen molar-refractivity contribution in [3.05, 3.63) is 59.9 Å². The molecule has 9 heteroatoms. The monoisotopic (exact) mass is 419 g/mol. The van der Waals surface area contributed by atoms with E-state index in [1.54, 1.807) is 6.20 Å². The van der Waals surface area contributed by atoms with E-state index in [0.29, 0.717) is 30.2 Å². The number of rotatable bonds is 5. The van der Waals surface area contributed by atoms with Gasteiger partial charge in [-0.2, -0.15) is 13.2 Å². The van der Waals surface area contributed by atoms with E-state index >= 15 is 0 Å². The van der Waals surface area contributed by atoms with Crippen LogP contribution in [0.25, 0.3) is 21.1 Å². The highest BCUT2D eigenvalue weighted by molar-refractivity contribution is 7.18. The Balaban J connectivity index is 1.42. The second-order valence-corrected chi connectivity index (χ2v) is 7.92. The van der Waals surface area contributed by atoms with Crippen molar-refractivity contribution in [1.82, 2.24) is 14.9 Å². The first-order valence-corrected chi connectivity index (χ1v) is 9.65. The highest BCUT2D eigenvalue weighted by Gasteiger charge is 2.32. The number of halogens is 3. The fourth-order valence-corrected chi connectivity index (χ4v) is 4.00. The Morgan fingerprint density at radius 2 is 1.83 bits per heavy atom. The van der Waals surface area contributed by atoms with Crippen LogP contribution in [0.1, 0.15) is 11.1 Å². The molecule has 0 atom stereocenters. The molecule has 1 aromatic carbocycles. The molecule has 3 heterocycles. The standard InChI is InChI=1S/C20H16F3N3O2S/c21-20(22,23)15-5-6-16(24-7-15)17-8-25-18(29-17)13-3-1-12(2-4-13)9-26-10-14(11-26)19(27)28/h1-8,14H,9-11H2,(H,27,28). The number of aliphatic carboxylic acids is 1. The van der Waals surface area contributed by atoms with Crippen LogP contribution >= 0.6 is 11.3 Å². The average molecular weight is 419 g/mol. The van der Waals surface area contributed by atoms with Crippen LogP contribution in [0.4, 0.5) is 13.2 Å². The summed E-state index contributed by atoms with van der Waals surface area (Å²) in [6.07, 6.45) is -1.97. The Morgan fingerprint density at radius 3 is 2.41 bits per heavy atom. The molecule has 3 aromatic rings. The number of hydrogen-bond donors (Lipinski definition) is 1. The lowest BCUT2D eigenvalue weighted by molar-refractivity contribution is -0.147. The van der Waals surface area contributed by atoms with Crippen molar-refractivity contribution in [2.45, 2.75) is 12.7 Å². The molecule has 1 saturated heterocycles. The van der Waals surface area contributed by atoms with E-state index < -0.39 is 17.7 Å². The van der Waals surface area contributed by atoms with Crippen molar-refractivity contribution in [3.63, 3.8) is 0 Å². The molecule has 0 spiro atoms. The molecule has 1 fully saturated rings. The third-order valence-electron chi connectivity index (χ3n) is 4.76. The number of carbonyl (C=O) groups is 1. The zero-order valence-corrected chi connectivity index (χ0v) is 15.9. The third kappa shape index (κ3) is 4.30. The van der Waals surface area contributed by atoms with Gasteiger partial charge in [-0.1, -0.05) is 24.3 Å². The number of benzene rings is 1. The van der Waals surface area contributed by atoms with Gasteiger partial charge in [0.1, 0.15) is 5.01 Å². The quantitative estimate of drug-likeness (QED) is 0.664. The molecule has 0 unspecified atom stereocenters. The first kappa shape index (κ1) is 19.5. The molecule has 1 aliphatic rings. The number of thiazole rings is 1. The van der Waals surface area contributed by atoms with Crippen LogP contribution in [-0.4, -0.2) is 39.0 Å². The van der Waals surface area contributed by atoms with Crippen LogP contribution in [0, 0.1) is 5.92 Å². The Labute approximate surface area is 168 Å². The van der Waals surface area contributed by atoms with Crippen LogP contribution in [0.3, 0.4) is 0 Å². The number of nitrogens with zero attached hydrogens (tertiary/aromatic N) is 3. The molecule has 1 N–H and O–H groups in total. The Bertz CT molecular complexity index is 1010. The number of carboxylic acid groups (broad SMARTS) is 1. The van der Waals surface area contributed by atoms with Crippen molar-refractivity contribution in [2.24, 2.45) is 5.92 Å². The van der Waals surface area contributed by atoms with Crippen molar-refractivity contribution in [3.8, 4) is 21.1 Å². The van der Waals surface area contributed by atoms with E-state index in [-0.39, 0.29) is 5.92 Å². The minimum absolute atomic E-state index is 0.276. The summed E-state index contributed by atoms with van der Waals surface area (Å²) in [5, 5.41) is 9.68. The zero-order valence-electron chi connectivity index (χ0n) is 15.1. The summed E-state index contributed by atoms with van der Waals surface area (Å²) in [6, 6.07) is 10.2. The van der Waals surface area contributed by atoms with Crippen molar-refractivity contribution < 1.29 is 23.1 Å². The predicted molar refractivity (Wildman–Crippen MR) is 102 cm³/mol. The molecular weight excluding hydrogens is 403 g/mol. The normalized spacial score (nSPS) is 15.3. The van der Waals surface area contributed by atoms with Gasteiger partial charge < -0.3 is 5.11 Å². The SMILES string of the molecule is O=C(O)C1CN(Cc2ccc(-c3ncc(-c4ccc(C(F)(F)F)cn4)s3)cc2)C1. The number of carboxylic acids is 1. The van der Waals surface area contributed by atoms with E-state index in [1.165, 1.54) is 17.4 Å². The molecule has 0 saturated carbocycles. The molecule has 5 nitrogen and oxygen atoms in total. The summed E-state index contributed by atoms with van der Waals surface area (Å²) in [6.45, 7) is 1.82. The van der Waals surface area contributed by atoms with E-state index in [2.05, 4.69) is 14.9 Å². The molecule has 0 bridgehead atoms. The minimum Gasteiger partial charge on any atom is -0.481 e. The molecule has 1 aliphatic heterocycles. The number of alkyl halides is 3. The average Bonchev–Trinajstić information content (AvgIpc) is 3.14.